The van der Waals surface area contributed by atoms with E-state index in [2.05, 4.69) is 37.2 Å². The number of unbranched alkanes of at least 4 members (excludes halogenated alkanes) is 1. The summed E-state index contributed by atoms with van der Waals surface area (Å²) in [7, 11) is 0. The molecule has 0 aliphatic carbocycles. The largest absolute Gasteiger partial charge is 0.444 e. The van der Waals surface area contributed by atoms with Crippen molar-refractivity contribution in [2.75, 3.05) is 32.7 Å². The van der Waals surface area contributed by atoms with Crippen LogP contribution in [0.3, 0.4) is 0 Å². The van der Waals surface area contributed by atoms with E-state index < -0.39 is 82.5 Å². The molecule has 1 aliphatic heterocycles. The van der Waals surface area contributed by atoms with Gasteiger partial charge in [-0.25, -0.2) is 14.4 Å². The number of piperidine rings is 1. The monoisotopic (exact) mass is 993 g/mol. The maximum absolute atomic E-state index is 14.5. The topological polar surface area (TPSA) is 235 Å². The summed E-state index contributed by atoms with van der Waals surface area (Å²) in [6, 6.07) is 14.7. The standard InChI is InChI=1S/C53H84N8O10/c1-36(2)33-41(44(63)57-39(25-19-20-28-55-47(66)69-50(3,4)5)46(65)61-31-26-53(12,27-32-61)60-49(68)71-52(9,10)11)58-45(64)42(35-38-23-17-14-18-24-38)59-43(62)40(34-37-21-15-13-16-22-37)54-29-30-56-48(67)70-51(6,7)8/h13-18,21-24,36,39-42,54H,19-20,25-35H2,1-12H3,(H,55,66)(H,56,67)(H,57,63)(H,58,64)(H,59,62)(H,60,68)/t39-,40-,41-,42-/m1/s1. The fourth-order valence-electron chi connectivity index (χ4n) is 7.76. The maximum Gasteiger partial charge on any atom is 0.408 e. The summed E-state index contributed by atoms with van der Waals surface area (Å²) < 4.78 is 16.2. The molecule has 0 aromatic heterocycles. The molecule has 1 heterocycles. The SMILES string of the molecule is CC(C)C[C@@H](NC(=O)[C@@H](Cc1ccccc1)NC(=O)[C@@H](Cc1ccccc1)NCCNC(=O)OC(C)(C)C)C(=O)N[C@H](CCCCNC(=O)OC(C)(C)C)C(=O)N1CCC(C)(NC(=O)OC(C)(C)C)CC1. The summed E-state index contributed by atoms with van der Waals surface area (Å²) in [5.41, 5.74) is -1.00. The molecule has 0 radical (unpaired) electrons. The van der Waals surface area contributed by atoms with Crippen LogP contribution in [-0.4, -0.2) is 126 Å². The summed E-state index contributed by atoms with van der Waals surface area (Å²) in [5, 5.41) is 20.5. The number of hydrogen-bond acceptors (Lipinski definition) is 11. The number of hydrogen-bond donors (Lipinski definition) is 7. The molecule has 0 unspecified atom stereocenters. The van der Waals surface area contributed by atoms with E-state index in [9.17, 15) is 33.6 Å². The Morgan fingerprint density at radius 2 is 1.00 bits per heavy atom. The van der Waals surface area contributed by atoms with E-state index in [1.54, 1.807) is 67.2 Å². The number of nitrogens with zero attached hydrogens (tertiary/aromatic N) is 1. The number of amides is 7. The Morgan fingerprint density at radius 3 is 1.51 bits per heavy atom. The van der Waals surface area contributed by atoms with Crippen molar-refractivity contribution in [3.8, 4) is 0 Å². The molecule has 396 valence electrons. The van der Waals surface area contributed by atoms with E-state index in [1.165, 1.54) is 0 Å². The first-order valence-corrected chi connectivity index (χ1v) is 25.1. The second-order valence-electron chi connectivity index (χ2n) is 22.1. The van der Waals surface area contributed by atoms with Crippen LogP contribution >= 0.6 is 0 Å². The van der Waals surface area contributed by atoms with Crippen molar-refractivity contribution in [1.29, 1.82) is 0 Å². The molecule has 2 aromatic carbocycles. The number of likely N-dealkylation sites (tertiary alicyclic amines) is 1. The van der Waals surface area contributed by atoms with E-state index in [0.717, 1.165) is 11.1 Å². The molecular weight excluding hydrogens is 909 g/mol. The van der Waals surface area contributed by atoms with Crippen molar-refractivity contribution in [2.24, 2.45) is 5.92 Å². The normalized spacial score (nSPS) is 15.5. The first-order chi connectivity index (χ1) is 33.1. The Balaban J connectivity index is 1.84. The van der Waals surface area contributed by atoms with Gasteiger partial charge in [-0.05, 0) is 131 Å². The number of carbonyl (C=O) groups excluding carboxylic acids is 7. The highest BCUT2D eigenvalue weighted by molar-refractivity contribution is 5.95. The minimum Gasteiger partial charge on any atom is -0.444 e. The van der Waals surface area contributed by atoms with Gasteiger partial charge >= 0.3 is 18.3 Å². The predicted octanol–water partition coefficient (Wildman–Crippen LogP) is 6.06. The van der Waals surface area contributed by atoms with Gasteiger partial charge in [0.1, 0.15) is 34.9 Å². The molecule has 7 amide bonds. The number of alkyl carbamates (subject to hydrolysis) is 3. The molecule has 7 N–H and O–H groups in total. The third kappa shape index (κ3) is 24.2. The fourth-order valence-corrected chi connectivity index (χ4v) is 7.76. The van der Waals surface area contributed by atoms with Gasteiger partial charge in [-0.2, -0.15) is 0 Å². The van der Waals surface area contributed by atoms with E-state index >= 15 is 0 Å². The van der Waals surface area contributed by atoms with Gasteiger partial charge in [0.2, 0.25) is 23.6 Å². The first kappa shape index (κ1) is 59.4. The van der Waals surface area contributed by atoms with Crippen LogP contribution in [0.25, 0.3) is 0 Å². The van der Waals surface area contributed by atoms with Crippen LogP contribution in [0, 0.1) is 5.92 Å². The summed E-state index contributed by atoms with van der Waals surface area (Å²) in [4.78, 5) is 96.7. The van der Waals surface area contributed by atoms with E-state index in [4.69, 9.17) is 14.2 Å². The highest BCUT2D eigenvalue weighted by Gasteiger charge is 2.38. The molecule has 2 aromatic rings. The predicted molar refractivity (Wildman–Crippen MR) is 273 cm³/mol. The smallest absolute Gasteiger partial charge is 0.408 e. The van der Waals surface area contributed by atoms with E-state index in [1.807, 2.05) is 81.4 Å². The third-order valence-electron chi connectivity index (χ3n) is 11.2. The lowest BCUT2D eigenvalue weighted by atomic mass is 9.89. The van der Waals surface area contributed by atoms with Crippen LogP contribution in [-0.2, 0) is 46.2 Å². The van der Waals surface area contributed by atoms with Gasteiger partial charge in [-0.1, -0.05) is 74.5 Å². The van der Waals surface area contributed by atoms with Crippen molar-refractivity contribution in [1.82, 2.24) is 42.1 Å². The van der Waals surface area contributed by atoms with Crippen LogP contribution < -0.4 is 37.2 Å². The zero-order valence-electron chi connectivity index (χ0n) is 44.4. The highest BCUT2D eigenvalue weighted by atomic mass is 16.6. The van der Waals surface area contributed by atoms with Gasteiger partial charge in [0, 0.05) is 44.7 Å². The Morgan fingerprint density at radius 1 is 0.563 bits per heavy atom. The Hall–Kier alpha value is -5.91. The average Bonchev–Trinajstić information content (AvgIpc) is 3.24. The number of carbonyl (C=O) groups is 7. The number of ether oxygens (including phenoxy) is 3. The van der Waals surface area contributed by atoms with Crippen molar-refractivity contribution in [2.45, 2.75) is 181 Å². The van der Waals surface area contributed by atoms with Gasteiger partial charge in [0.05, 0.1) is 6.04 Å². The second-order valence-corrected chi connectivity index (χ2v) is 22.1. The minimum absolute atomic E-state index is 0.0627. The quantitative estimate of drug-likeness (QED) is 0.0500. The summed E-state index contributed by atoms with van der Waals surface area (Å²) in [5.74, 6) is -1.97. The van der Waals surface area contributed by atoms with E-state index in [0.29, 0.717) is 38.8 Å². The third-order valence-corrected chi connectivity index (χ3v) is 11.2. The highest BCUT2D eigenvalue weighted by Crippen LogP contribution is 2.24. The molecule has 0 bridgehead atoms. The first-order valence-electron chi connectivity index (χ1n) is 25.1. The Labute approximate surface area is 422 Å². The molecule has 18 heteroatoms. The molecule has 1 aliphatic rings. The number of benzene rings is 2. The molecule has 1 saturated heterocycles. The summed E-state index contributed by atoms with van der Waals surface area (Å²) in [6.07, 6.45) is 1.02. The van der Waals surface area contributed by atoms with Crippen LogP contribution in [0.2, 0.25) is 0 Å². The molecule has 3 rings (SSSR count). The molecule has 0 spiro atoms. The van der Waals surface area contributed by atoms with Crippen molar-refractivity contribution >= 4 is 41.9 Å². The number of nitrogens with one attached hydrogen (secondary N) is 7. The van der Waals surface area contributed by atoms with Gasteiger partial charge in [-0.3, -0.25) is 19.2 Å². The molecule has 1 fully saturated rings. The molecule has 4 atom stereocenters. The molecule has 18 nitrogen and oxygen atoms in total. The molecule has 0 saturated carbocycles. The van der Waals surface area contributed by atoms with Crippen molar-refractivity contribution < 1.29 is 47.8 Å². The van der Waals surface area contributed by atoms with Crippen LogP contribution in [0.5, 0.6) is 0 Å². The summed E-state index contributed by atoms with van der Waals surface area (Å²) >= 11 is 0. The van der Waals surface area contributed by atoms with Crippen LogP contribution in [0.1, 0.15) is 133 Å². The Kier molecular flexibility index (Phi) is 23.1. The molecular formula is C53H84N8O10. The maximum atomic E-state index is 14.5. The lowest BCUT2D eigenvalue weighted by molar-refractivity contribution is -0.139. The average molecular weight is 993 g/mol. The lowest BCUT2D eigenvalue weighted by Crippen LogP contribution is -2.60. The van der Waals surface area contributed by atoms with E-state index in [-0.39, 0.29) is 57.1 Å². The van der Waals surface area contributed by atoms with Gasteiger partial charge in [0.25, 0.3) is 0 Å². The Bertz CT molecular complexity index is 2020. The lowest BCUT2D eigenvalue weighted by Gasteiger charge is -2.41. The number of rotatable bonds is 23. The minimum atomic E-state index is -1.11. The fraction of sp³-hybridized carbons (Fsp3) is 0.642. The second kappa shape index (κ2) is 27.6. The van der Waals surface area contributed by atoms with Gasteiger partial charge in [0.15, 0.2) is 0 Å². The summed E-state index contributed by atoms with van der Waals surface area (Å²) in [6.45, 7) is 23.0. The van der Waals surface area contributed by atoms with Crippen LogP contribution in [0.15, 0.2) is 60.7 Å². The zero-order valence-corrected chi connectivity index (χ0v) is 44.4. The van der Waals surface area contributed by atoms with Gasteiger partial charge in [-0.15, -0.1) is 0 Å². The molecule has 71 heavy (non-hydrogen) atoms. The van der Waals surface area contributed by atoms with Crippen LogP contribution in [0.4, 0.5) is 14.4 Å². The van der Waals surface area contributed by atoms with Crippen molar-refractivity contribution in [3.63, 3.8) is 0 Å². The van der Waals surface area contributed by atoms with Gasteiger partial charge < -0.3 is 56.3 Å². The zero-order chi connectivity index (χ0) is 53.0. The van der Waals surface area contributed by atoms with Crippen molar-refractivity contribution in [3.05, 3.63) is 71.8 Å².